The third-order valence-electron chi connectivity index (χ3n) is 5.32. The first-order valence-corrected chi connectivity index (χ1v) is 16.3. The Kier molecular flexibility index (Phi) is 26.7. The van der Waals surface area contributed by atoms with Crippen molar-refractivity contribution in [2.45, 2.75) is 58.7 Å². The van der Waals surface area contributed by atoms with E-state index in [0.29, 0.717) is 0 Å². The second-order valence-corrected chi connectivity index (χ2v) is 15.7. The van der Waals surface area contributed by atoms with Crippen LogP contribution in [0.4, 0.5) is 13.6 Å². The number of hydrogen-bond acceptors (Lipinski definition) is 11. The van der Waals surface area contributed by atoms with Gasteiger partial charge in [0.25, 0.3) is 0 Å². The van der Waals surface area contributed by atoms with Crippen LogP contribution in [0.3, 0.4) is 0 Å². The van der Waals surface area contributed by atoms with Gasteiger partial charge in [-0.2, -0.15) is 0 Å². The minimum atomic E-state index is -3.99. The van der Waals surface area contributed by atoms with E-state index in [9.17, 15) is 45.1 Å². The van der Waals surface area contributed by atoms with Gasteiger partial charge in [-0.15, -0.1) is 50.9 Å². The molecular weight excluding hydrogens is 862 g/mol. The van der Waals surface area contributed by atoms with Crippen LogP contribution in [0.15, 0.2) is 0 Å². The Morgan fingerprint density at radius 2 is 1.22 bits per heavy atom. The van der Waals surface area contributed by atoms with Crippen LogP contribution < -0.4 is 21.7 Å². The molecule has 0 rings (SSSR count). The maximum Gasteiger partial charge on any atom is 0.408 e. The third-order valence-corrected chi connectivity index (χ3v) is 8.71. The third kappa shape index (κ3) is 22.8. The molecular formula is C23H47Br3F2N6O10S2. The Balaban J connectivity index is -0.000000255. The molecule has 0 spiro atoms. The number of amidine groups is 2. The zero-order valence-corrected chi connectivity index (χ0v) is 33.0. The number of nitrogens with one attached hydrogen (secondary N) is 5. The van der Waals surface area contributed by atoms with Crippen LogP contribution in [0.5, 0.6) is 0 Å². The van der Waals surface area contributed by atoms with Crippen LogP contribution in [-0.2, 0) is 34.0 Å². The van der Waals surface area contributed by atoms with Crippen molar-refractivity contribution in [2.75, 3.05) is 49.5 Å². The van der Waals surface area contributed by atoms with Crippen molar-refractivity contribution in [1.82, 2.24) is 16.0 Å². The second-order valence-electron chi connectivity index (χ2n) is 11.3. The van der Waals surface area contributed by atoms with E-state index in [1.54, 1.807) is 20.8 Å². The van der Waals surface area contributed by atoms with E-state index in [-0.39, 0.29) is 64.0 Å². The molecule has 9 N–H and O–H groups in total. The number of ether oxygens (including phenoxy) is 1. The normalized spacial score (nSPS) is 13.2. The standard InChI is InChI=1S/C16H30FN3O6S.C7H14FN3O4S.3BrH/c1-14(2,3)16(12(21)22,20-13(23)26-15(4,5)6)10-27(24,25)8-7-19-11(18)9-17;8-3-6(10)11-1-2-16(14,15)4-5(9)7(12)13;;;/h7-10H2,1-6H3,(H2,18,19)(H,20,23)(H,21,22);5H,1-4,9H2,(H2,10,11)(H,12,13);3*1H. The van der Waals surface area contributed by atoms with E-state index in [1.165, 1.54) is 20.8 Å². The summed E-state index contributed by atoms with van der Waals surface area (Å²) < 4.78 is 76.6. The summed E-state index contributed by atoms with van der Waals surface area (Å²) in [4.78, 5) is 34.5. The molecule has 46 heavy (non-hydrogen) atoms. The Morgan fingerprint density at radius 3 is 1.52 bits per heavy atom. The number of hydrogen-bond donors (Lipinski definition) is 8. The number of carbonyl (C=O) groups excluding carboxylic acids is 1. The average Bonchev–Trinajstić information content (AvgIpc) is 2.80. The monoisotopic (exact) mass is 906 g/mol. The number of nitrogens with two attached hydrogens (primary N) is 1. The molecule has 276 valence electrons. The number of amides is 1. The van der Waals surface area contributed by atoms with Gasteiger partial charge in [0.05, 0.1) is 23.0 Å². The first kappa shape index (κ1) is 53.8. The molecule has 0 fully saturated rings. The van der Waals surface area contributed by atoms with Crippen LogP contribution in [0.25, 0.3) is 0 Å². The summed E-state index contributed by atoms with van der Waals surface area (Å²) in [6.45, 7) is 6.78. The molecule has 0 aromatic heterocycles. The molecule has 0 radical (unpaired) electrons. The smallest absolute Gasteiger partial charge is 0.408 e. The number of carbonyl (C=O) groups is 3. The number of sulfone groups is 2. The highest BCUT2D eigenvalue weighted by Gasteiger charge is 2.53. The zero-order valence-electron chi connectivity index (χ0n) is 26.3. The lowest BCUT2D eigenvalue weighted by Gasteiger charge is -2.41. The lowest BCUT2D eigenvalue weighted by molar-refractivity contribution is -0.148. The molecule has 0 aliphatic heterocycles. The Morgan fingerprint density at radius 1 is 0.826 bits per heavy atom. The van der Waals surface area contributed by atoms with Crippen molar-refractivity contribution in [3.8, 4) is 0 Å². The molecule has 23 heteroatoms. The van der Waals surface area contributed by atoms with Gasteiger partial charge in [-0.05, 0) is 26.2 Å². The largest absolute Gasteiger partial charge is 0.480 e. The molecule has 1 amide bonds. The summed E-state index contributed by atoms with van der Waals surface area (Å²) in [7, 11) is -7.61. The maximum absolute atomic E-state index is 12.5. The van der Waals surface area contributed by atoms with Crippen molar-refractivity contribution in [3.05, 3.63) is 0 Å². The van der Waals surface area contributed by atoms with E-state index < -0.39 is 108 Å². The van der Waals surface area contributed by atoms with Gasteiger partial charge in [0, 0.05) is 13.1 Å². The fourth-order valence-electron chi connectivity index (χ4n) is 2.99. The van der Waals surface area contributed by atoms with Crippen molar-refractivity contribution in [1.29, 1.82) is 10.8 Å². The predicted octanol–water partition coefficient (Wildman–Crippen LogP) is 1.41. The molecule has 2 unspecified atom stereocenters. The first-order valence-electron chi connectivity index (χ1n) is 12.6. The van der Waals surface area contributed by atoms with E-state index in [0.717, 1.165) is 0 Å². The topological polar surface area (TPSA) is 279 Å². The molecule has 0 aromatic carbocycles. The van der Waals surface area contributed by atoms with Gasteiger partial charge in [0.15, 0.2) is 25.2 Å². The van der Waals surface area contributed by atoms with Gasteiger partial charge in [0.2, 0.25) is 0 Å². The molecule has 0 bridgehead atoms. The maximum atomic E-state index is 12.5. The highest BCUT2D eigenvalue weighted by Crippen LogP contribution is 2.33. The fraction of sp³-hybridized carbons (Fsp3) is 0.783. The molecule has 0 aliphatic rings. The predicted molar refractivity (Wildman–Crippen MR) is 186 cm³/mol. The molecule has 0 saturated carbocycles. The minimum absolute atomic E-state index is 0. The van der Waals surface area contributed by atoms with Crippen LogP contribution in [-0.4, -0.2) is 123 Å². The zero-order chi connectivity index (χ0) is 34.4. The van der Waals surface area contributed by atoms with Crippen LogP contribution in [0, 0.1) is 16.2 Å². The van der Waals surface area contributed by atoms with Gasteiger partial charge < -0.3 is 36.6 Å². The fourth-order valence-corrected chi connectivity index (χ4v) is 6.11. The first-order chi connectivity index (χ1) is 19.2. The van der Waals surface area contributed by atoms with Gasteiger partial charge >= 0.3 is 18.0 Å². The molecule has 16 nitrogen and oxygen atoms in total. The van der Waals surface area contributed by atoms with Gasteiger partial charge in [0.1, 0.15) is 36.7 Å². The second kappa shape index (κ2) is 22.8. The van der Waals surface area contributed by atoms with Crippen molar-refractivity contribution >= 4 is 100 Å². The molecule has 0 aliphatic carbocycles. The summed E-state index contributed by atoms with van der Waals surface area (Å²) in [6.07, 6.45) is -1.05. The van der Waals surface area contributed by atoms with Crippen molar-refractivity contribution < 1.29 is 54.9 Å². The molecule has 0 aromatic rings. The molecule has 2 atom stereocenters. The summed E-state index contributed by atoms with van der Waals surface area (Å²) >= 11 is 0. The SMILES string of the molecule is Br.Br.Br.CC(C)(C)OC(=O)NC(CS(=O)(=O)CCNC(=N)CF)(C(=O)O)C(C)(C)C.N=C(CF)NCCS(=O)(=O)CC(N)C(=O)O. The summed E-state index contributed by atoms with van der Waals surface area (Å²) in [5.41, 5.74) is 0.828. The van der Waals surface area contributed by atoms with Crippen LogP contribution >= 0.6 is 50.9 Å². The Bertz CT molecular complexity index is 1220. The van der Waals surface area contributed by atoms with E-state index in [4.69, 9.17) is 26.4 Å². The number of aliphatic carboxylic acids is 2. The number of carboxylic acid groups (broad SMARTS) is 2. The summed E-state index contributed by atoms with van der Waals surface area (Å²) in [5.74, 6) is -6.29. The van der Waals surface area contributed by atoms with Crippen LogP contribution in [0.2, 0.25) is 0 Å². The summed E-state index contributed by atoms with van der Waals surface area (Å²) in [6, 6.07) is -1.47. The van der Waals surface area contributed by atoms with Gasteiger partial charge in [-0.1, -0.05) is 20.8 Å². The lowest BCUT2D eigenvalue weighted by atomic mass is 9.74. The number of alkyl carbamates (subject to hydrolysis) is 1. The van der Waals surface area contributed by atoms with Gasteiger partial charge in [-0.3, -0.25) is 15.6 Å². The Hall–Kier alpha value is -1.69. The van der Waals surface area contributed by atoms with Crippen molar-refractivity contribution in [3.63, 3.8) is 0 Å². The Labute approximate surface area is 299 Å². The molecule has 0 heterocycles. The minimum Gasteiger partial charge on any atom is -0.480 e. The number of alkyl halides is 2. The van der Waals surface area contributed by atoms with E-state index in [1.807, 2.05) is 0 Å². The highest BCUT2D eigenvalue weighted by atomic mass is 79.9. The highest BCUT2D eigenvalue weighted by molar-refractivity contribution is 8.93. The average molecular weight is 910 g/mol. The quantitative estimate of drug-likeness (QED) is 0.0854. The van der Waals surface area contributed by atoms with Crippen LogP contribution in [0.1, 0.15) is 41.5 Å². The number of carboxylic acids is 2. The number of halogens is 5. The molecule has 0 saturated heterocycles. The van der Waals surface area contributed by atoms with Gasteiger partial charge in [-0.25, -0.2) is 35.2 Å². The van der Waals surface area contributed by atoms with Crippen molar-refractivity contribution in [2.24, 2.45) is 11.1 Å². The lowest BCUT2D eigenvalue weighted by Crippen LogP contribution is -2.66. The summed E-state index contributed by atoms with van der Waals surface area (Å²) in [5, 5.41) is 38.9. The number of rotatable bonds is 15. The van der Waals surface area contributed by atoms with E-state index >= 15 is 0 Å². The van der Waals surface area contributed by atoms with E-state index in [2.05, 4.69) is 16.0 Å².